The Morgan fingerprint density at radius 3 is 1.80 bits per heavy atom. The Morgan fingerprint density at radius 1 is 0.920 bits per heavy atom. The Morgan fingerprint density at radius 2 is 1.40 bits per heavy atom. The lowest BCUT2D eigenvalue weighted by Gasteiger charge is -2.44. The van der Waals surface area contributed by atoms with Gasteiger partial charge in [-0.05, 0) is 56.3 Å². The van der Waals surface area contributed by atoms with Gasteiger partial charge in [0.25, 0.3) is 0 Å². The van der Waals surface area contributed by atoms with Gasteiger partial charge < -0.3 is 5.32 Å². The molecule has 0 heterocycles. The largest absolute Gasteiger partial charge is 0.383 e. The van der Waals surface area contributed by atoms with Gasteiger partial charge in [-0.15, -0.1) is 0 Å². The van der Waals surface area contributed by atoms with Gasteiger partial charge in [-0.2, -0.15) is 0 Å². The number of allylic oxidation sites excluding steroid dienone is 3. The summed E-state index contributed by atoms with van der Waals surface area (Å²) in [6.45, 7) is 32.3. The molecule has 1 nitrogen and oxygen atoms in total. The second kappa shape index (κ2) is 8.31. The van der Waals surface area contributed by atoms with E-state index >= 15 is 0 Å². The number of hydrogen-bond donors (Lipinski definition) is 1. The van der Waals surface area contributed by atoms with Gasteiger partial charge in [0.2, 0.25) is 0 Å². The summed E-state index contributed by atoms with van der Waals surface area (Å²) in [5.74, 6) is 1.22. The molecule has 0 aromatic carbocycles. The van der Waals surface area contributed by atoms with Gasteiger partial charge in [0.05, 0.1) is 0 Å². The topological polar surface area (TPSA) is 12.0 Å². The second-order valence-corrected chi connectivity index (χ2v) is 11.4. The van der Waals surface area contributed by atoms with Gasteiger partial charge in [-0.3, -0.25) is 0 Å². The van der Waals surface area contributed by atoms with Gasteiger partial charge in [-0.25, -0.2) is 0 Å². The van der Waals surface area contributed by atoms with Crippen LogP contribution in [0.3, 0.4) is 0 Å². The molecule has 0 aliphatic heterocycles. The lowest BCUT2D eigenvalue weighted by Crippen LogP contribution is -2.45. The highest BCUT2D eigenvalue weighted by Gasteiger charge is 2.37. The zero-order valence-corrected chi connectivity index (χ0v) is 19.4. The summed E-state index contributed by atoms with van der Waals surface area (Å²) >= 11 is 0. The molecular formula is C24H47N. The van der Waals surface area contributed by atoms with E-state index in [2.05, 4.69) is 107 Å². The second-order valence-electron chi connectivity index (χ2n) is 11.4. The fourth-order valence-electron chi connectivity index (χ4n) is 4.54. The van der Waals surface area contributed by atoms with Crippen LogP contribution in [0.2, 0.25) is 0 Å². The Hall–Kier alpha value is -0.720. The van der Waals surface area contributed by atoms with Crippen LogP contribution < -0.4 is 5.32 Å². The first-order valence-corrected chi connectivity index (χ1v) is 10.0. The van der Waals surface area contributed by atoms with Crippen LogP contribution in [0.5, 0.6) is 0 Å². The average Bonchev–Trinajstić information content (AvgIpc) is 2.32. The molecule has 0 spiro atoms. The third-order valence-corrected chi connectivity index (χ3v) is 5.69. The van der Waals surface area contributed by atoms with E-state index in [4.69, 9.17) is 0 Å². The van der Waals surface area contributed by atoms with E-state index in [0.29, 0.717) is 17.3 Å². The molecule has 2 unspecified atom stereocenters. The average molecular weight is 350 g/mol. The summed E-state index contributed by atoms with van der Waals surface area (Å²) < 4.78 is 0. The van der Waals surface area contributed by atoms with Crippen LogP contribution in [0, 0.1) is 28.1 Å². The Kier molecular flexibility index (Phi) is 8.08. The summed E-state index contributed by atoms with van der Waals surface area (Å²) in [4.78, 5) is 0. The predicted octanol–water partition coefficient (Wildman–Crippen LogP) is 7.60. The quantitative estimate of drug-likeness (QED) is 0.423. The highest BCUT2D eigenvalue weighted by molar-refractivity contribution is 5.10. The van der Waals surface area contributed by atoms with E-state index < -0.39 is 0 Å². The Labute approximate surface area is 159 Å². The summed E-state index contributed by atoms with van der Waals surface area (Å²) in [6, 6.07) is 0. The van der Waals surface area contributed by atoms with Crippen molar-refractivity contribution in [2.24, 2.45) is 28.1 Å². The molecule has 25 heavy (non-hydrogen) atoms. The third-order valence-electron chi connectivity index (χ3n) is 5.69. The summed E-state index contributed by atoms with van der Waals surface area (Å²) in [5.41, 5.74) is 1.83. The van der Waals surface area contributed by atoms with E-state index in [1.807, 2.05) is 0 Å². The summed E-state index contributed by atoms with van der Waals surface area (Å²) in [5, 5.41) is 3.76. The normalized spacial score (nSPS) is 16.8. The monoisotopic (exact) mass is 349 g/mol. The van der Waals surface area contributed by atoms with Crippen molar-refractivity contribution in [2.75, 3.05) is 0 Å². The highest BCUT2D eigenvalue weighted by Crippen LogP contribution is 2.45. The van der Waals surface area contributed by atoms with Crippen LogP contribution in [0.25, 0.3) is 0 Å². The van der Waals surface area contributed by atoms with E-state index in [1.165, 1.54) is 5.70 Å². The maximum absolute atomic E-state index is 4.44. The standard InChI is InChI=1S/C24H47N/c1-14-15-18(2)19(3)22(8,9)17-23(10,11)20(4)25-24(12,13)16-21(5,6)7/h14-15,18-19,25H,4,16-17H2,1-3,5-13H3. The smallest absolute Gasteiger partial charge is 0.0319 e. The third kappa shape index (κ3) is 8.47. The molecule has 0 rings (SSSR count). The molecule has 0 aliphatic carbocycles. The van der Waals surface area contributed by atoms with E-state index in [1.54, 1.807) is 0 Å². The maximum atomic E-state index is 4.44. The molecule has 0 bridgehead atoms. The first-order chi connectivity index (χ1) is 10.9. The molecule has 0 aromatic heterocycles. The number of nitrogens with one attached hydrogen (secondary N) is 1. The first kappa shape index (κ1) is 24.3. The van der Waals surface area contributed by atoms with Crippen molar-refractivity contribution in [3.63, 3.8) is 0 Å². The minimum atomic E-state index is 0.0562. The molecule has 1 heteroatoms. The van der Waals surface area contributed by atoms with Crippen molar-refractivity contribution >= 4 is 0 Å². The predicted molar refractivity (Wildman–Crippen MR) is 116 cm³/mol. The van der Waals surface area contributed by atoms with Gasteiger partial charge >= 0.3 is 0 Å². The molecule has 148 valence electrons. The van der Waals surface area contributed by atoms with Gasteiger partial charge in [-0.1, -0.05) is 81.0 Å². The SMILES string of the molecule is C=C(NC(C)(C)CC(C)(C)C)C(C)(C)CC(C)(C)C(C)C(C)C=CC. The fraction of sp³-hybridized carbons (Fsp3) is 0.833. The van der Waals surface area contributed by atoms with Gasteiger partial charge in [0, 0.05) is 16.7 Å². The Balaban J connectivity index is 5.14. The summed E-state index contributed by atoms with van der Waals surface area (Å²) in [7, 11) is 0. The zero-order chi connectivity index (χ0) is 20.3. The zero-order valence-electron chi connectivity index (χ0n) is 19.4. The van der Waals surface area contributed by atoms with Crippen LogP contribution in [0.4, 0.5) is 0 Å². The molecule has 2 atom stereocenters. The van der Waals surface area contributed by atoms with Crippen LogP contribution in [-0.2, 0) is 0 Å². The van der Waals surface area contributed by atoms with Crippen LogP contribution >= 0.6 is 0 Å². The molecule has 0 amide bonds. The molecule has 0 radical (unpaired) electrons. The van der Waals surface area contributed by atoms with Gasteiger partial charge in [0.1, 0.15) is 0 Å². The minimum Gasteiger partial charge on any atom is -0.383 e. The molecule has 0 saturated carbocycles. The summed E-state index contributed by atoms with van der Waals surface area (Å²) in [6.07, 6.45) is 6.75. The van der Waals surface area contributed by atoms with Crippen molar-refractivity contribution < 1.29 is 0 Å². The van der Waals surface area contributed by atoms with E-state index in [0.717, 1.165) is 12.8 Å². The lowest BCUT2D eigenvalue weighted by molar-refractivity contribution is 0.117. The Bertz CT molecular complexity index is 457. The molecular weight excluding hydrogens is 302 g/mol. The number of rotatable bonds is 9. The molecule has 1 N–H and O–H groups in total. The maximum Gasteiger partial charge on any atom is 0.0319 e. The van der Waals surface area contributed by atoms with Crippen molar-refractivity contribution in [1.29, 1.82) is 0 Å². The van der Waals surface area contributed by atoms with Gasteiger partial charge in [0.15, 0.2) is 0 Å². The van der Waals surface area contributed by atoms with Crippen molar-refractivity contribution in [3.8, 4) is 0 Å². The fourth-order valence-corrected chi connectivity index (χ4v) is 4.54. The molecule has 0 saturated heterocycles. The molecule has 0 fully saturated rings. The van der Waals surface area contributed by atoms with Crippen LogP contribution in [-0.4, -0.2) is 5.54 Å². The first-order valence-electron chi connectivity index (χ1n) is 10.0. The molecule has 0 aromatic rings. The van der Waals surface area contributed by atoms with Crippen LogP contribution in [0.15, 0.2) is 24.4 Å². The van der Waals surface area contributed by atoms with Crippen molar-refractivity contribution in [3.05, 3.63) is 24.4 Å². The van der Waals surface area contributed by atoms with Crippen molar-refractivity contribution in [1.82, 2.24) is 5.32 Å². The lowest BCUT2D eigenvalue weighted by atomic mass is 9.64. The molecule has 0 aliphatic rings. The van der Waals surface area contributed by atoms with Crippen LogP contribution in [0.1, 0.15) is 95.9 Å². The highest BCUT2D eigenvalue weighted by atomic mass is 15.0. The van der Waals surface area contributed by atoms with E-state index in [9.17, 15) is 0 Å². The number of hydrogen-bond acceptors (Lipinski definition) is 1. The van der Waals surface area contributed by atoms with Crippen molar-refractivity contribution in [2.45, 2.75) is 101 Å². The minimum absolute atomic E-state index is 0.0562. The van der Waals surface area contributed by atoms with E-state index in [-0.39, 0.29) is 16.4 Å².